The predicted molar refractivity (Wildman–Crippen MR) is 64.5 cm³/mol. The number of halogens is 1. The third kappa shape index (κ3) is 1.82. The molecule has 1 saturated carbocycles. The van der Waals surface area contributed by atoms with Crippen LogP contribution in [0.3, 0.4) is 0 Å². The van der Waals surface area contributed by atoms with Crippen molar-refractivity contribution in [2.75, 3.05) is 7.11 Å². The average molecular weight is 238 g/mol. The second-order valence-corrected chi connectivity index (χ2v) is 5.44. The lowest BCUT2D eigenvalue weighted by Gasteiger charge is -2.37. The van der Waals surface area contributed by atoms with Crippen LogP contribution in [-0.4, -0.2) is 12.2 Å². The van der Waals surface area contributed by atoms with Crippen LogP contribution in [-0.2, 0) is 5.60 Å². The standard InChI is InChI=1S/C14H19FO2/c1-13(2)7-4-8-14(13,16)11-6-5-10(17-3)9-12(11)15/h5-6,9,16H,4,7-8H2,1-3H3. The molecule has 2 rings (SSSR count). The molecule has 1 aliphatic carbocycles. The first-order valence-corrected chi connectivity index (χ1v) is 5.97. The number of aliphatic hydroxyl groups is 1. The Bertz CT molecular complexity index is 428. The normalized spacial score (nSPS) is 27.1. The number of hydrogen-bond acceptors (Lipinski definition) is 2. The summed E-state index contributed by atoms with van der Waals surface area (Å²) < 4.78 is 19.0. The molecule has 2 nitrogen and oxygen atoms in total. The van der Waals surface area contributed by atoms with E-state index < -0.39 is 5.60 Å². The topological polar surface area (TPSA) is 29.5 Å². The molecule has 1 N–H and O–H groups in total. The smallest absolute Gasteiger partial charge is 0.132 e. The highest BCUT2D eigenvalue weighted by Gasteiger charge is 2.49. The van der Waals surface area contributed by atoms with Crippen molar-refractivity contribution in [3.05, 3.63) is 29.6 Å². The van der Waals surface area contributed by atoms with E-state index in [1.54, 1.807) is 12.1 Å². The number of hydrogen-bond donors (Lipinski definition) is 1. The Hall–Kier alpha value is -1.09. The van der Waals surface area contributed by atoms with Crippen LogP contribution in [0.15, 0.2) is 18.2 Å². The van der Waals surface area contributed by atoms with E-state index in [9.17, 15) is 9.50 Å². The van der Waals surface area contributed by atoms with Crippen molar-refractivity contribution >= 4 is 0 Å². The molecule has 0 saturated heterocycles. The largest absolute Gasteiger partial charge is 0.497 e. The molecule has 0 aromatic heterocycles. The van der Waals surface area contributed by atoms with Crippen molar-refractivity contribution < 1.29 is 14.2 Å². The number of rotatable bonds is 2. The van der Waals surface area contributed by atoms with E-state index in [1.165, 1.54) is 13.2 Å². The minimum atomic E-state index is -1.07. The summed E-state index contributed by atoms with van der Waals surface area (Å²) in [5.41, 5.74) is -0.966. The van der Waals surface area contributed by atoms with Gasteiger partial charge in [-0.3, -0.25) is 0 Å². The van der Waals surface area contributed by atoms with E-state index in [2.05, 4.69) is 0 Å². The van der Waals surface area contributed by atoms with Gasteiger partial charge in [-0.2, -0.15) is 0 Å². The van der Waals surface area contributed by atoms with Gasteiger partial charge in [0.1, 0.15) is 11.6 Å². The van der Waals surface area contributed by atoms with Crippen molar-refractivity contribution in [3.63, 3.8) is 0 Å². The van der Waals surface area contributed by atoms with Crippen molar-refractivity contribution in [2.24, 2.45) is 5.41 Å². The van der Waals surface area contributed by atoms with Crippen LogP contribution < -0.4 is 4.74 Å². The molecule has 1 aliphatic rings. The molecule has 1 aromatic rings. The zero-order valence-electron chi connectivity index (χ0n) is 10.6. The molecule has 3 heteroatoms. The van der Waals surface area contributed by atoms with Crippen LogP contribution in [0, 0.1) is 11.2 Å². The van der Waals surface area contributed by atoms with E-state index in [-0.39, 0.29) is 11.2 Å². The van der Waals surface area contributed by atoms with Gasteiger partial charge in [0.05, 0.1) is 12.7 Å². The molecule has 0 heterocycles. The SMILES string of the molecule is COc1ccc(C2(O)CCCC2(C)C)c(F)c1. The van der Waals surface area contributed by atoms with Gasteiger partial charge in [0, 0.05) is 11.6 Å². The lowest BCUT2D eigenvalue weighted by Crippen LogP contribution is -2.37. The maximum atomic E-state index is 14.0. The Morgan fingerprint density at radius 3 is 2.47 bits per heavy atom. The minimum absolute atomic E-state index is 0.289. The molecule has 0 spiro atoms. The molecule has 0 aliphatic heterocycles. The molecule has 94 valence electrons. The lowest BCUT2D eigenvalue weighted by molar-refractivity contribution is -0.0512. The van der Waals surface area contributed by atoms with E-state index in [0.29, 0.717) is 17.7 Å². The molecular weight excluding hydrogens is 219 g/mol. The summed E-state index contributed by atoms with van der Waals surface area (Å²) in [6, 6.07) is 4.67. The zero-order chi connectivity index (χ0) is 12.7. The molecule has 0 amide bonds. The van der Waals surface area contributed by atoms with E-state index in [1.807, 2.05) is 13.8 Å². The van der Waals surface area contributed by atoms with Crippen LogP contribution in [0.2, 0.25) is 0 Å². The average Bonchev–Trinajstić information content (AvgIpc) is 2.54. The van der Waals surface area contributed by atoms with Crippen LogP contribution in [0.1, 0.15) is 38.7 Å². The number of benzene rings is 1. The van der Waals surface area contributed by atoms with Crippen molar-refractivity contribution in [3.8, 4) is 5.75 Å². The fourth-order valence-electron chi connectivity index (χ4n) is 2.79. The summed E-state index contributed by atoms with van der Waals surface area (Å²) in [7, 11) is 1.50. The Morgan fingerprint density at radius 2 is 2.00 bits per heavy atom. The Morgan fingerprint density at radius 1 is 1.29 bits per heavy atom. The van der Waals surface area contributed by atoms with E-state index >= 15 is 0 Å². The quantitative estimate of drug-likeness (QED) is 0.857. The fourth-order valence-corrected chi connectivity index (χ4v) is 2.79. The van der Waals surface area contributed by atoms with Gasteiger partial charge in [-0.05, 0) is 36.8 Å². The summed E-state index contributed by atoms with van der Waals surface area (Å²) >= 11 is 0. The molecule has 1 unspecified atom stereocenters. The van der Waals surface area contributed by atoms with Gasteiger partial charge >= 0.3 is 0 Å². The van der Waals surface area contributed by atoms with Crippen molar-refractivity contribution in [2.45, 2.75) is 38.7 Å². The second-order valence-electron chi connectivity index (χ2n) is 5.44. The monoisotopic (exact) mass is 238 g/mol. The highest BCUT2D eigenvalue weighted by molar-refractivity contribution is 5.34. The summed E-state index contributed by atoms with van der Waals surface area (Å²) in [6.45, 7) is 3.98. The highest BCUT2D eigenvalue weighted by atomic mass is 19.1. The van der Waals surface area contributed by atoms with Crippen LogP contribution in [0.25, 0.3) is 0 Å². The molecule has 1 aromatic carbocycles. The Labute approximate surface area is 101 Å². The molecular formula is C14H19FO2. The third-order valence-electron chi connectivity index (χ3n) is 4.08. The first kappa shape index (κ1) is 12.4. The summed E-state index contributed by atoms with van der Waals surface area (Å²) in [4.78, 5) is 0. The maximum absolute atomic E-state index is 14.0. The van der Waals surface area contributed by atoms with E-state index in [0.717, 1.165) is 12.8 Å². The predicted octanol–water partition coefficient (Wildman–Crippen LogP) is 3.23. The van der Waals surface area contributed by atoms with Gasteiger partial charge in [0.25, 0.3) is 0 Å². The van der Waals surface area contributed by atoms with E-state index in [4.69, 9.17) is 4.74 Å². The zero-order valence-corrected chi connectivity index (χ0v) is 10.6. The number of ether oxygens (including phenoxy) is 1. The molecule has 1 atom stereocenters. The Kier molecular flexibility index (Phi) is 2.90. The minimum Gasteiger partial charge on any atom is -0.497 e. The van der Waals surface area contributed by atoms with Gasteiger partial charge in [0.2, 0.25) is 0 Å². The van der Waals surface area contributed by atoms with Crippen LogP contribution >= 0.6 is 0 Å². The van der Waals surface area contributed by atoms with Crippen molar-refractivity contribution in [1.29, 1.82) is 0 Å². The van der Waals surface area contributed by atoms with Crippen LogP contribution in [0.5, 0.6) is 5.75 Å². The fraction of sp³-hybridized carbons (Fsp3) is 0.571. The van der Waals surface area contributed by atoms with Gasteiger partial charge in [-0.1, -0.05) is 13.8 Å². The molecule has 0 bridgehead atoms. The first-order chi connectivity index (χ1) is 7.90. The first-order valence-electron chi connectivity index (χ1n) is 5.97. The van der Waals surface area contributed by atoms with Crippen molar-refractivity contribution in [1.82, 2.24) is 0 Å². The van der Waals surface area contributed by atoms with Crippen LogP contribution in [0.4, 0.5) is 4.39 Å². The number of methoxy groups -OCH3 is 1. The Balaban J connectivity index is 2.47. The summed E-state index contributed by atoms with van der Waals surface area (Å²) in [5, 5.41) is 10.8. The molecule has 0 radical (unpaired) electrons. The lowest BCUT2D eigenvalue weighted by atomic mass is 9.73. The van der Waals surface area contributed by atoms with Gasteiger partial charge in [-0.25, -0.2) is 4.39 Å². The maximum Gasteiger partial charge on any atom is 0.132 e. The molecule has 17 heavy (non-hydrogen) atoms. The highest BCUT2D eigenvalue weighted by Crippen LogP contribution is 2.52. The second kappa shape index (κ2) is 3.98. The summed E-state index contributed by atoms with van der Waals surface area (Å²) in [6.07, 6.45) is 2.45. The van der Waals surface area contributed by atoms with Gasteiger partial charge in [0.15, 0.2) is 0 Å². The summed E-state index contributed by atoms with van der Waals surface area (Å²) in [5.74, 6) is 0.0903. The van der Waals surface area contributed by atoms with Gasteiger partial charge < -0.3 is 9.84 Å². The van der Waals surface area contributed by atoms with Gasteiger partial charge in [-0.15, -0.1) is 0 Å². The molecule has 1 fully saturated rings. The third-order valence-corrected chi connectivity index (χ3v) is 4.08.